The molecule has 4 rings (SSSR count). The van der Waals surface area contributed by atoms with Crippen molar-refractivity contribution in [3.8, 4) is 11.5 Å². The highest BCUT2D eigenvalue weighted by atomic mass is 16.6. The number of hydrogen-bond donors (Lipinski definition) is 2. The van der Waals surface area contributed by atoms with Gasteiger partial charge in [-0.1, -0.05) is 18.2 Å². The van der Waals surface area contributed by atoms with Gasteiger partial charge in [0, 0.05) is 25.9 Å². The molecule has 3 atom stereocenters. The van der Waals surface area contributed by atoms with Crippen LogP contribution in [0.15, 0.2) is 48.7 Å². The first-order valence-corrected chi connectivity index (χ1v) is 8.88. The number of benzene rings is 1. The number of aromatic nitrogens is 1. The molecule has 1 aliphatic carbocycles. The number of fused-ring (bicyclic) bond motifs is 1. The van der Waals surface area contributed by atoms with Gasteiger partial charge in [0.05, 0.1) is 12.7 Å². The van der Waals surface area contributed by atoms with E-state index in [9.17, 15) is 15.0 Å². The number of carbonyl (C=O) groups excluding carboxylic acids is 1. The molecule has 1 aromatic heterocycles. The predicted octanol–water partition coefficient (Wildman–Crippen LogP) is 2.08. The van der Waals surface area contributed by atoms with Gasteiger partial charge in [0.25, 0.3) is 0 Å². The molecule has 6 nitrogen and oxygen atoms in total. The van der Waals surface area contributed by atoms with Crippen LogP contribution in [-0.4, -0.2) is 51.3 Å². The number of carbonyl (C=O) groups is 1. The van der Waals surface area contributed by atoms with Crippen molar-refractivity contribution in [1.82, 2.24) is 9.88 Å². The molecule has 1 saturated carbocycles. The molecule has 26 heavy (non-hydrogen) atoms. The second-order valence-corrected chi connectivity index (χ2v) is 7.31. The Bertz CT molecular complexity index is 764. The Labute approximate surface area is 152 Å². The summed E-state index contributed by atoms with van der Waals surface area (Å²) in [5.74, 6) is 0.204. The Hall–Kier alpha value is -2.44. The number of aliphatic hydroxyl groups is 1. The van der Waals surface area contributed by atoms with E-state index in [2.05, 4.69) is 9.88 Å². The van der Waals surface area contributed by atoms with Gasteiger partial charge < -0.3 is 14.9 Å². The number of pyridine rings is 1. The van der Waals surface area contributed by atoms with E-state index in [4.69, 9.17) is 4.74 Å². The van der Waals surface area contributed by atoms with Gasteiger partial charge in [0.2, 0.25) is 5.79 Å². The van der Waals surface area contributed by atoms with Crippen molar-refractivity contribution < 1.29 is 19.7 Å². The molecule has 0 radical (unpaired) electrons. The first-order valence-electron chi connectivity index (χ1n) is 8.88. The van der Waals surface area contributed by atoms with Crippen molar-refractivity contribution in [1.29, 1.82) is 0 Å². The summed E-state index contributed by atoms with van der Waals surface area (Å²) in [6.45, 7) is 1.85. The van der Waals surface area contributed by atoms with E-state index in [0.29, 0.717) is 42.7 Å². The molecule has 1 unspecified atom stereocenters. The highest BCUT2D eigenvalue weighted by Gasteiger charge is 2.50. The molecule has 2 fully saturated rings. The largest absolute Gasteiger partial charge is 0.506 e. The molecule has 1 aliphatic heterocycles. The van der Waals surface area contributed by atoms with Crippen LogP contribution >= 0.6 is 0 Å². The van der Waals surface area contributed by atoms with Crippen molar-refractivity contribution in [2.75, 3.05) is 19.6 Å². The molecule has 0 spiro atoms. The number of Topliss-reactive ketones (excluding diaryl/α,β-unsaturated/α-hetero) is 1. The number of hydrogen-bond acceptors (Lipinski definition) is 6. The lowest BCUT2D eigenvalue weighted by atomic mass is 10.0. The average Bonchev–Trinajstić information content (AvgIpc) is 3.10. The monoisotopic (exact) mass is 354 g/mol. The van der Waals surface area contributed by atoms with Gasteiger partial charge in [-0.05, 0) is 36.1 Å². The van der Waals surface area contributed by atoms with Crippen LogP contribution < -0.4 is 4.74 Å². The van der Waals surface area contributed by atoms with Gasteiger partial charge in [-0.2, -0.15) is 0 Å². The van der Waals surface area contributed by atoms with Crippen LogP contribution in [-0.2, 0) is 0 Å². The highest BCUT2D eigenvalue weighted by molar-refractivity contribution is 5.95. The summed E-state index contributed by atoms with van der Waals surface area (Å²) in [5.41, 5.74) is 0.365. The maximum absolute atomic E-state index is 12.3. The van der Waals surface area contributed by atoms with Crippen LogP contribution in [0.1, 0.15) is 23.3 Å². The van der Waals surface area contributed by atoms with E-state index in [1.54, 1.807) is 6.07 Å². The third-order valence-electron chi connectivity index (χ3n) is 5.27. The molecule has 2 aliphatic rings. The molecule has 2 heterocycles. The molecule has 2 aromatic rings. The summed E-state index contributed by atoms with van der Waals surface area (Å²) in [4.78, 5) is 18.4. The highest BCUT2D eigenvalue weighted by Crippen LogP contribution is 2.44. The molecule has 1 saturated heterocycles. The van der Waals surface area contributed by atoms with Crippen molar-refractivity contribution in [2.45, 2.75) is 18.6 Å². The summed E-state index contributed by atoms with van der Waals surface area (Å²) >= 11 is 0. The van der Waals surface area contributed by atoms with Crippen LogP contribution in [0.2, 0.25) is 0 Å². The molecule has 6 heteroatoms. The van der Waals surface area contributed by atoms with E-state index in [0.717, 1.165) is 13.1 Å². The zero-order chi connectivity index (χ0) is 18.1. The Morgan fingerprint density at radius 2 is 1.85 bits per heavy atom. The number of nitrogens with zero attached hydrogens (tertiary/aromatic N) is 2. The Balaban J connectivity index is 1.33. The number of ketones is 1. The molecular formula is C20H22N2O4. The number of para-hydroxylation sites is 1. The fraction of sp³-hybridized carbons (Fsp3) is 0.400. The zero-order valence-corrected chi connectivity index (χ0v) is 14.4. The number of ether oxygens (including phenoxy) is 1. The minimum atomic E-state index is -1.12. The van der Waals surface area contributed by atoms with Gasteiger partial charge in [0.1, 0.15) is 17.2 Å². The third kappa shape index (κ3) is 3.57. The summed E-state index contributed by atoms with van der Waals surface area (Å²) < 4.78 is 5.83. The van der Waals surface area contributed by atoms with Crippen LogP contribution in [0.5, 0.6) is 11.5 Å². The topological polar surface area (TPSA) is 82.9 Å². The lowest BCUT2D eigenvalue weighted by Gasteiger charge is -2.26. The van der Waals surface area contributed by atoms with Crippen LogP contribution in [0, 0.1) is 11.8 Å². The molecule has 2 N–H and O–H groups in total. The summed E-state index contributed by atoms with van der Waals surface area (Å²) in [5, 5.41) is 20.0. The first-order chi connectivity index (χ1) is 12.5. The van der Waals surface area contributed by atoms with E-state index >= 15 is 0 Å². The normalized spacial score (nSPS) is 28.0. The van der Waals surface area contributed by atoms with Crippen LogP contribution in [0.25, 0.3) is 0 Å². The SMILES string of the molecule is O=C(CN1C[C@@H]2CC(O)(Oc3ccccc3)C[C@@H]2C1)c1ccc(O)cn1. The van der Waals surface area contributed by atoms with Crippen molar-refractivity contribution >= 4 is 5.78 Å². The third-order valence-corrected chi connectivity index (χ3v) is 5.27. The fourth-order valence-corrected chi connectivity index (χ4v) is 4.16. The smallest absolute Gasteiger partial charge is 0.208 e. The molecule has 1 aromatic carbocycles. The Kier molecular flexibility index (Phi) is 4.38. The maximum Gasteiger partial charge on any atom is 0.208 e. The molecule has 0 bridgehead atoms. The summed E-state index contributed by atoms with van der Waals surface area (Å²) in [6.07, 6.45) is 2.44. The van der Waals surface area contributed by atoms with Crippen LogP contribution in [0.4, 0.5) is 0 Å². The second-order valence-electron chi connectivity index (χ2n) is 7.31. The lowest BCUT2D eigenvalue weighted by Crippen LogP contribution is -2.36. The van der Waals surface area contributed by atoms with E-state index < -0.39 is 5.79 Å². The fourth-order valence-electron chi connectivity index (χ4n) is 4.16. The zero-order valence-electron chi connectivity index (χ0n) is 14.4. The molecule has 0 amide bonds. The summed E-state index contributed by atoms with van der Waals surface area (Å²) in [7, 11) is 0. The second kappa shape index (κ2) is 6.70. The molecular weight excluding hydrogens is 332 g/mol. The van der Waals surface area contributed by atoms with Gasteiger partial charge in [-0.25, -0.2) is 4.98 Å². The standard InChI is InChI=1S/C20H22N2O4/c23-16-6-7-18(21-10-16)19(24)13-22-11-14-8-20(25,9-15(14)12-22)26-17-4-2-1-3-5-17/h1-7,10,14-15,23,25H,8-9,11-13H2/t14-,15+,20?. The average molecular weight is 354 g/mol. The Morgan fingerprint density at radius 3 is 2.46 bits per heavy atom. The van der Waals surface area contributed by atoms with Gasteiger partial charge in [-0.15, -0.1) is 0 Å². The first kappa shape index (κ1) is 17.0. The summed E-state index contributed by atoms with van der Waals surface area (Å²) in [6, 6.07) is 12.4. The van der Waals surface area contributed by atoms with E-state index in [-0.39, 0.29) is 11.5 Å². The quantitative estimate of drug-likeness (QED) is 0.632. The van der Waals surface area contributed by atoms with Crippen molar-refractivity contribution in [3.63, 3.8) is 0 Å². The van der Waals surface area contributed by atoms with E-state index in [1.165, 1.54) is 12.3 Å². The number of aromatic hydroxyl groups is 1. The minimum Gasteiger partial charge on any atom is -0.506 e. The number of likely N-dealkylation sites (tertiary alicyclic amines) is 1. The van der Waals surface area contributed by atoms with Gasteiger partial charge in [0.15, 0.2) is 5.78 Å². The Morgan fingerprint density at radius 1 is 1.15 bits per heavy atom. The minimum absolute atomic E-state index is 0.0509. The van der Waals surface area contributed by atoms with Gasteiger partial charge >= 0.3 is 0 Å². The molecule has 136 valence electrons. The number of rotatable bonds is 5. The van der Waals surface area contributed by atoms with E-state index in [1.807, 2.05) is 30.3 Å². The predicted molar refractivity (Wildman–Crippen MR) is 94.9 cm³/mol. The van der Waals surface area contributed by atoms with Gasteiger partial charge in [-0.3, -0.25) is 9.69 Å². The van der Waals surface area contributed by atoms with Crippen molar-refractivity contribution in [3.05, 3.63) is 54.4 Å². The van der Waals surface area contributed by atoms with Crippen molar-refractivity contribution in [2.24, 2.45) is 11.8 Å². The lowest BCUT2D eigenvalue weighted by molar-refractivity contribution is -0.136. The maximum atomic E-state index is 12.3. The van der Waals surface area contributed by atoms with Crippen LogP contribution in [0.3, 0.4) is 0 Å².